The third kappa shape index (κ3) is 3.63. The average molecular weight is 406 g/mol. The number of nitrogens with one attached hydrogen (secondary N) is 2. The largest absolute Gasteiger partial charge is 0.339 e. The topological polar surface area (TPSA) is 104 Å². The molecule has 1 aromatic heterocycles. The molecular formula is C22H22N4O4. The number of likely N-dealkylation sites (tertiary alicyclic amines) is 1. The molecule has 0 saturated carbocycles. The summed E-state index contributed by atoms with van der Waals surface area (Å²) >= 11 is 0. The van der Waals surface area contributed by atoms with Gasteiger partial charge in [-0.05, 0) is 56.2 Å². The zero-order valence-corrected chi connectivity index (χ0v) is 16.6. The monoisotopic (exact) mass is 406 g/mol. The number of aromatic nitrogens is 2. The van der Waals surface area contributed by atoms with Gasteiger partial charge in [-0.15, -0.1) is 0 Å². The summed E-state index contributed by atoms with van der Waals surface area (Å²) in [6.07, 6.45) is 2.02. The minimum atomic E-state index is -0.513. The van der Waals surface area contributed by atoms with E-state index < -0.39 is 17.2 Å². The Morgan fingerprint density at radius 3 is 2.53 bits per heavy atom. The highest BCUT2D eigenvalue weighted by Crippen LogP contribution is 2.18. The summed E-state index contributed by atoms with van der Waals surface area (Å²) in [7, 11) is 0. The number of carbonyl (C=O) groups is 2. The van der Waals surface area contributed by atoms with Crippen molar-refractivity contribution in [1.82, 2.24) is 14.5 Å². The number of hydrogen-bond acceptors (Lipinski definition) is 4. The first kappa shape index (κ1) is 19.6. The summed E-state index contributed by atoms with van der Waals surface area (Å²) in [6, 6.07) is 11.4. The van der Waals surface area contributed by atoms with Gasteiger partial charge in [0.25, 0.3) is 17.4 Å². The fraction of sp³-hybridized carbons (Fsp3) is 0.273. The van der Waals surface area contributed by atoms with E-state index in [0.717, 1.165) is 30.5 Å². The van der Waals surface area contributed by atoms with E-state index in [1.165, 1.54) is 18.2 Å². The van der Waals surface area contributed by atoms with Crippen LogP contribution in [0.4, 0.5) is 5.69 Å². The van der Waals surface area contributed by atoms with Crippen molar-refractivity contribution in [2.24, 2.45) is 0 Å². The predicted octanol–water partition coefficient (Wildman–Crippen LogP) is 2.20. The van der Waals surface area contributed by atoms with Crippen molar-refractivity contribution in [2.75, 3.05) is 18.4 Å². The Balaban J connectivity index is 1.59. The van der Waals surface area contributed by atoms with E-state index in [-0.39, 0.29) is 12.5 Å². The summed E-state index contributed by atoms with van der Waals surface area (Å²) < 4.78 is 1.10. The van der Waals surface area contributed by atoms with Crippen LogP contribution in [0.25, 0.3) is 10.9 Å². The van der Waals surface area contributed by atoms with Crippen LogP contribution in [0.15, 0.2) is 52.1 Å². The van der Waals surface area contributed by atoms with E-state index in [1.807, 2.05) is 4.90 Å². The Morgan fingerprint density at radius 2 is 1.80 bits per heavy atom. The molecule has 0 bridgehead atoms. The second-order valence-corrected chi connectivity index (χ2v) is 7.27. The fourth-order valence-corrected chi connectivity index (χ4v) is 3.72. The first-order chi connectivity index (χ1) is 14.5. The van der Waals surface area contributed by atoms with Gasteiger partial charge in [0.1, 0.15) is 0 Å². The molecular weight excluding hydrogens is 384 g/mol. The molecule has 154 valence electrons. The summed E-state index contributed by atoms with van der Waals surface area (Å²) in [4.78, 5) is 54.1. The molecule has 8 nitrogen and oxygen atoms in total. The zero-order valence-electron chi connectivity index (χ0n) is 16.6. The lowest BCUT2D eigenvalue weighted by molar-refractivity contribution is 0.0792. The van der Waals surface area contributed by atoms with Crippen LogP contribution in [-0.4, -0.2) is 39.4 Å². The second-order valence-electron chi connectivity index (χ2n) is 7.27. The lowest BCUT2D eigenvalue weighted by Crippen LogP contribution is -2.34. The summed E-state index contributed by atoms with van der Waals surface area (Å²) in [5, 5.41) is 3.11. The number of hydrogen-bond donors (Lipinski definition) is 2. The standard InChI is InChI=1S/C22H22N4O4/c1-2-26-21(29)17-9-8-14(13-18(17)24-22(26)30)19(27)23-16-7-5-6-15(12-16)20(28)25-10-3-4-11-25/h5-9,12-13H,2-4,10-11H2,1H3,(H,23,27)(H,24,30). The van der Waals surface area contributed by atoms with Gasteiger partial charge < -0.3 is 15.2 Å². The van der Waals surface area contributed by atoms with Crippen LogP contribution in [0, 0.1) is 0 Å². The molecule has 4 rings (SSSR count). The molecule has 1 aliphatic heterocycles. The molecule has 30 heavy (non-hydrogen) atoms. The second kappa shape index (κ2) is 7.98. The number of anilines is 1. The minimum Gasteiger partial charge on any atom is -0.339 e. The van der Waals surface area contributed by atoms with E-state index in [0.29, 0.717) is 27.7 Å². The molecule has 8 heteroatoms. The number of nitrogens with zero attached hydrogens (tertiary/aromatic N) is 2. The van der Waals surface area contributed by atoms with Crippen molar-refractivity contribution in [3.05, 3.63) is 74.4 Å². The SMILES string of the molecule is CCn1c(=O)[nH]c2cc(C(=O)Nc3cccc(C(=O)N4CCCC4)c3)ccc2c1=O. The van der Waals surface area contributed by atoms with Crippen molar-refractivity contribution in [3.63, 3.8) is 0 Å². The Bertz CT molecular complexity index is 1250. The van der Waals surface area contributed by atoms with Gasteiger partial charge >= 0.3 is 5.69 Å². The number of amides is 2. The summed E-state index contributed by atoms with van der Waals surface area (Å²) in [5.41, 5.74) is 0.720. The number of benzene rings is 2. The Kier molecular flexibility index (Phi) is 5.22. The molecule has 0 spiro atoms. The number of carbonyl (C=O) groups excluding carboxylic acids is 2. The lowest BCUT2D eigenvalue weighted by Gasteiger charge is -2.15. The highest BCUT2D eigenvalue weighted by Gasteiger charge is 2.20. The van der Waals surface area contributed by atoms with E-state index in [1.54, 1.807) is 31.2 Å². The van der Waals surface area contributed by atoms with Crippen LogP contribution in [0.1, 0.15) is 40.5 Å². The Hall–Kier alpha value is -3.68. The smallest absolute Gasteiger partial charge is 0.328 e. The van der Waals surface area contributed by atoms with Gasteiger partial charge in [-0.3, -0.25) is 19.0 Å². The molecule has 0 radical (unpaired) electrons. The van der Waals surface area contributed by atoms with Crippen LogP contribution < -0.4 is 16.6 Å². The highest BCUT2D eigenvalue weighted by atomic mass is 16.2. The van der Waals surface area contributed by atoms with Crippen LogP contribution in [-0.2, 0) is 6.54 Å². The van der Waals surface area contributed by atoms with E-state index in [9.17, 15) is 19.2 Å². The van der Waals surface area contributed by atoms with Gasteiger partial charge in [0, 0.05) is 36.4 Å². The van der Waals surface area contributed by atoms with Crippen molar-refractivity contribution in [3.8, 4) is 0 Å². The quantitative estimate of drug-likeness (QED) is 0.693. The maximum Gasteiger partial charge on any atom is 0.328 e. The molecule has 3 aromatic rings. The maximum absolute atomic E-state index is 12.7. The Labute approximate surface area is 172 Å². The highest BCUT2D eigenvalue weighted by molar-refractivity contribution is 6.06. The van der Waals surface area contributed by atoms with Crippen LogP contribution >= 0.6 is 0 Å². The van der Waals surface area contributed by atoms with Crippen molar-refractivity contribution in [1.29, 1.82) is 0 Å². The van der Waals surface area contributed by atoms with Gasteiger partial charge in [-0.1, -0.05) is 6.07 Å². The molecule has 2 amide bonds. The van der Waals surface area contributed by atoms with Crippen LogP contribution in [0.2, 0.25) is 0 Å². The molecule has 0 unspecified atom stereocenters. The number of rotatable bonds is 4. The third-order valence-corrected chi connectivity index (χ3v) is 5.32. The molecule has 0 aliphatic carbocycles. The van der Waals surface area contributed by atoms with Crippen LogP contribution in [0.3, 0.4) is 0 Å². The van der Waals surface area contributed by atoms with Crippen molar-refractivity contribution in [2.45, 2.75) is 26.3 Å². The average Bonchev–Trinajstić information content (AvgIpc) is 3.28. The summed E-state index contributed by atoms with van der Waals surface area (Å²) in [5.74, 6) is -0.442. The zero-order chi connectivity index (χ0) is 21.3. The minimum absolute atomic E-state index is 0.0425. The van der Waals surface area contributed by atoms with Crippen molar-refractivity contribution >= 4 is 28.4 Å². The lowest BCUT2D eigenvalue weighted by atomic mass is 10.1. The molecule has 0 atom stereocenters. The molecule has 2 N–H and O–H groups in total. The fourth-order valence-electron chi connectivity index (χ4n) is 3.72. The van der Waals surface area contributed by atoms with Gasteiger partial charge in [0.15, 0.2) is 0 Å². The number of H-pyrrole nitrogens is 1. The molecule has 1 fully saturated rings. The Morgan fingerprint density at radius 1 is 1.03 bits per heavy atom. The number of fused-ring (bicyclic) bond motifs is 1. The van der Waals surface area contributed by atoms with Gasteiger partial charge in [-0.25, -0.2) is 4.79 Å². The number of aromatic amines is 1. The van der Waals surface area contributed by atoms with Crippen molar-refractivity contribution < 1.29 is 9.59 Å². The predicted molar refractivity (Wildman–Crippen MR) is 114 cm³/mol. The molecule has 1 aliphatic rings. The van der Waals surface area contributed by atoms with Crippen LogP contribution in [0.5, 0.6) is 0 Å². The first-order valence-electron chi connectivity index (χ1n) is 9.95. The molecule has 1 saturated heterocycles. The molecule has 2 heterocycles. The molecule has 2 aromatic carbocycles. The third-order valence-electron chi connectivity index (χ3n) is 5.32. The normalized spacial score (nSPS) is 13.6. The van der Waals surface area contributed by atoms with E-state index in [4.69, 9.17) is 0 Å². The van der Waals surface area contributed by atoms with E-state index in [2.05, 4.69) is 10.3 Å². The van der Waals surface area contributed by atoms with Gasteiger partial charge in [-0.2, -0.15) is 0 Å². The van der Waals surface area contributed by atoms with Gasteiger partial charge in [0.2, 0.25) is 0 Å². The maximum atomic E-state index is 12.7. The van der Waals surface area contributed by atoms with E-state index >= 15 is 0 Å². The summed E-state index contributed by atoms with van der Waals surface area (Å²) in [6.45, 7) is 3.49. The first-order valence-corrected chi connectivity index (χ1v) is 9.95. The van der Waals surface area contributed by atoms with Gasteiger partial charge in [0.05, 0.1) is 10.9 Å².